The van der Waals surface area contributed by atoms with E-state index in [0.717, 1.165) is 37.0 Å². The predicted octanol–water partition coefficient (Wildman–Crippen LogP) is 4.02. The number of hydrogen-bond donors (Lipinski definition) is 1. The number of halogens is 1. The molecule has 2 aromatic carbocycles. The third-order valence-electron chi connectivity index (χ3n) is 5.02. The molecular formula is C22H27ClN2O4S. The summed E-state index contributed by atoms with van der Waals surface area (Å²) in [5.41, 5.74) is 1.35. The zero-order chi connectivity index (χ0) is 21.6. The molecule has 0 aliphatic carbocycles. The van der Waals surface area contributed by atoms with E-state index < -0.39 is 10.0 Å². The van der Waals surface area contributed by atoms with Crippen molar-refractivity contribution in [2.75, 3.05) is 26.2 Å². The van der Waals surface area contributed by atoms with Gasteiger partial charge in [0.1, 0.15) is 17.3 Å². The summed E-state index contributed by atoms with van der Waals surface area (Å²) in [7, 11) is -3.74. The molecule has 1 amide bonds. The Bertz CT molecular complexity index is 986. The monoisotopic (exact) mass is 450 g/mol. The van der Waals surface area contributed by atoms with Crippen LogP contribution in [0.3, 0.4) is 0 Å². The quantitative estimate of drug-likeness (QED) is 0.646. The number of carbonyl (C=O) groups excluding carboxylic acids is 1. The maximum Gasteiger partial charge on any atom is 0.251 e. The van der Waals surface area contributed by atoms with Gasteiger partial charge in [0.2, 0.25) is 10.0 Å². The van der Waals surface area contributed by atoms with Gasteiger partial charge in [-0.2, -0.15) is 4.31 Å². The lowest BCUT2D eigenvalue weighted by Gasteiger charge is -2.21. The lowest BCUT2D eigenvalue weighted by Crippen LogP contribution is -2.32. The Morgan fingerprint density at radius 1 is 1.10 bits per heavy atom. The zero-order valence-corrected chi connectivity index (χ0v) is 18.6. The number of ether oxygens (including phenoxy) is 1. The molecule has 0 spiro atoms. The van der Waals surface area contributed by atoms with Crippen LogP contribution in [0.1, 0.15) is 41.6 Å². The van der Waals surface area contributed by atoms with E-state index in [1.807, 2.05) is 31.2 Å². The van der Waals surface area contributed by atoms with Gasteiger partial charge in [-0.1, -0.05) is 36.6 Å². The summed E-state index contributed by atoms with van der Waals surface area (Å²) >= 11 is 6.20. The topological polar surface area (TPSA) is 75.7 Å². The van der Waals surface area contributed by atoms with Gasteiger partial charge < -0.3 is 10.1 Å². The van der Waals surface area contributed by atoms with Gasteiger partial charge in [-0.15, -0.1) is 0 Å². The van der Waals surface area contributed by atoms with Crippen molar-refractivity contribution in [2.45, 2.75) is 37.5 Å². The first-order valence-electron chi connectivity index (χ1n) is 10.2. The molecule has 162 valence electrons. The van der Waals surface area contributed by atoms with Crippen LogP contribution in [0, 0.1) is 6.92 Å². The second kappa shape index (κ2) is 10.3. The number of carbonyl (C=O) groups is 1. The van der Waals surface area contributed by atoms with Crippen molar-refractivity contribution >= 4 is 27.5 Å². The van der Waals surface area contributed by atoms with E-state index in [4.69, 9.17) is 16.3 Å². The average Bonchev–Trinajstić information content (AvgIpc) is 3.01. The molecule has 1 heterocycles. The minimum Gasteiger partial charge on any atom is -0.492 e. The molecule has 1 fully saturated rings. The van der Waals surface area contributed by atoms with Crippen LogP contribution in [0.2, 0.25) is 5.02 Å². The lowest BCUT2D eigenvalue weighted by molar-refractivity contribution is 0.0946. The molecule has 3 rings (SSSR count). The fourth-order valence-electron chi connectivity index (χ4n) is 3.40. The van der Waals surface area contributed by atoms with E-state index in [1.165, 1.54) is 22.5 Å². The molecule has 1 aliphatic heterocycles. The molecule has 8 heteroatoms. The average molecular weight is 451 g/mol. The van der Waals surface area contributed by atoms with Gasteiger partial charge >= 0.3 is 0 Å². The van der Waals surface area contributed by atoms with Crippen molar-refractivity contribution in [1.82, 2.24) is 9.62 Å². The largest absolute Gasteiger partial charge is 0.492 e. The van der Waals surface area contributed by atoms with Crippen molar-refractivity contribution in [1.29, 1.82) is 0 Å². The maximum absolute atomic E-state index is 13.1. The van der Waals surface area contributed by atoms with Crippen molar-refractivity contribution in [3.05, 3.63) is 58.6 Å². The summed E-state index contributed by atoms with van der Waals surface area (Å²) < 4.78 is 33.2. The van der Waals surface area contributed by atoms with Gasteiger partial charge in [0, 0.05) is 18.7 Å². The first-order chi connectivity index (χ1) is 14.4. The van der Waals surface area contributed by atoms with E-state index in [-0.39, 0.29) is 21.4 Å². The van der Waals surface area contributed by atoms with Crippen LogP contribution in [-0.4, -0.2) is 44.9 Å². The number of aryl methyl sites for hydroxylation is 1. The van der Waals surface area contributed by atoms with Crippen LogP contribution in [0.25, 0.3) is 0 Å². The third-order valence-corrected chi connectivity index (χ3v) is 7.40. The van der Waals surface area contributed by atoms with Crippen LogP contribution in [0.15, 0.2) is 47.4 Å². The number of amides is 1. The molecular weight excluding hydrogens is 424 g/mol. The molecule has 1 N–H and O–H groups in total. The Kier molecular flexibility index (Phi) is 7.75. The molecule has 1 saturated heterocycles. The molecule has 30 heavy (non-hydrogen) atoms. The van der Waals surface area contributed by atoms with Gasteiger partial charge in [0.05, 0.1) is 11.6 Å². The normalized spacial score (nSPS) is 15.4. The third kappa shape index (κ3) is 5.74. The smallest absolute Gasteiger partial charge is 0.251 e. The summed E-state index contributed by atoms with van der Waals surface area (Å²) in [6.07, 6.45) is 3.70. The van der Waals surface area contributed by atoms with Crippen LogP contribution in [0.4, 0.5) is 0 Å². The highest BCUT2D eigenvalue weighted by Crippen LogP contribution is 2.27. The first-order valence-corrected chi connectivity index (χ1v) is 12.0. The van der Waals surface area contributed by atoms with Gasteiger partial charge in [0.15, 0.2) is 0 Å². The lowest BCUT2D eigenvalue weighted by atomic mass is 10.2. The molecule has 0 radical (unpaired) electrons. The highest BCUT2D eigenvalue weighted by molar-refractivity contribution is 7.89. The Hall–Kier alpha value is -2.09. The Labute approximate surface area is 183 Å². The number of benzene rings is 2. The van der Waals surface area contributed by atoms with E-state index >= 15 is 0 Å². The summed E-state index contributed by atoms with van der Waals surface area (Å²) in [5.74, 6) is 0.369. The minimum absolute atomic E-state index is 0.0188. The SMILES string of the molecule is Cc1cccc(OCCNC(=O)c2ccc(Cl)c(S(=O)(=O)N3CCCCCC3)c2)c1. The number of rotatable bonds is 7. The van der Waals surface area contributed by atoms with E-state index in [1.54, 1.807) is 0 Å². The van der Waals surface area contributed by atoms with Gasteiger partial charge in [-0.3, -0.25) is 4.79 Å². The van der Waals surface area contributed by atoms with Crippen molar-refractivity contribution < 1.29 is 17.9 Å². The standard InChI is InChI=1S/C22H27ClN2O4S/c1-17-7-6-8-19(15-17)29-14-11-24-22(26)18-9-10-20(23)21(16-18)30(27,28)25-12-4-2-3-5-13-25/h6-10,15-16H,2-5,11-14H2,1H3,(H,24,26). The molecule has 0 saturated carbocycles. The fourth-order valence-corrected chi connectivity index (χ4v) is 5.42. The number of nitrogens with one attached hydrogen (secondary N) is 1. The van der Waals surface area contributed by atoms with Gasteiger partial charge in [0.25, 0.3) is 5.91 Å². The van der Waals surface area contributed by atoms with Crippen molar-refractivity contribution in [2.24, 2.45) is 0 Å². The molecule has 0 unspecified atom stereocenters. The summed E-state index contributed by atoms with van der Waals surface area (Å²) in [6.45, 7) is 3.54. The van der Waals surface area contributed by atoms with E-state index in [9.17, 15) is 13.2 Å². The van der Waals surface area contributed by atoms with Crippen molar-refractivity contribution in [3.63, 3.8) is 0 Å². The van der Waals surface area contributed by atoms with E-state index in [2.05, 4.69) is 5.32 Å². The summed E-state index contributed by atoms with van der Waals surface area (Å²) in [5, 5.41) is 2.88. The van der Waals surface area contributed by atoms with Crippen molar-refractivity contribution in [3.8, 4) is 5.75 Å². The first kappa shape index (κ1) is 22.6. The van der Waals surface area contributed by atoms with Crippen LogP contribution in [0.5, 0.6) is 5.75 Å². The fraction of sp³-hybridized carbons (Fsp3) is 0.409. The summed E-state index contributed by atoms with van der Waals surface area (Å²) in [6, 6.07) is 12.0. The zero-order valence-electron chi connectivity index (χ0n) is 17.1. The Balaban J connectivity index is 1.64. The molecule has 2 aromatic rings. The highest BCUT2D eigenvalue weighted by Gasteiger charge is 2.28. The molecule has 0 atom stereocenters. The van der Waals surface area contributed by atoms with Gasteiger partial charge in [-0.25, -0.2) is 8.42 Å². The minimum atomic E-state index is -3.74. The number of hydrogen-bond acceptors (Lipinski definition) is 4. The highest BCUT2D eigenvalue weighted by atomic mass is 35.5. The number of nitrogens with zero attached hydrogens (tertiary/aromatic N) is 1. The van der Waals surface area contributed by atoms with Gasteiger partial charge in [-0.05, 0) is 55.7 Å². The van der Waals surface area contributed by atoms with Crippen LogP contribution >= 0.6 is 11.6 Å². The summed E-state index contributed by atoms with van der Waals surface area (Å²) in [4.78, 5) is 12.5. The Morgan fingerprint density at radius 3 is 2.53 bits per heavy atom. The second-order valence-electron chi connectivity index (χ2n) is 7.38. The van der Waals surface area contributed by atoms with Crippen LogP contribution in [-0.2, 0) is 10.0 Å². The maximum atomic E-state index is 13.1. The molecule has 1 aliphatic rings. The van der Waals surface area contributed by atoms with Crippen LogP contribution < -0.4 is 10.1 Å². The predicted molar refractivity (Wildman–Crippen MR) is 118 cm³/mol. The Morgan fingerprint density at radius 2 is 1.83 bits per heavy atom. The molecule has 0 bridgehead atoms. The molecule has 0 aromatic heterocycles. The van der Waals surface area contributed by atoms with E-state index in [0.29, 0.717) is 26.2 Å². The molecule has 6 nitrogen and oxygen atoms in total. The second-order valence-corrected chi connectivity index (χ2v) is 9.70. The number of sulfonamides is 1.